The Bertz CT molecular complexity index is 1240. The zero-order valence-corrected chi connectivity index (χ0v) is 21.4. The first-order valence-electron chi connectivity index (χ1n) is 12.1. The van der Waals surface area contributed by atoms with Gasteiger partial charge < -0.3 is 10.1 Å². The van der Waals surface area contributed by atoms with Gasteiger partial charge in [0.25, 0.3) is 0 Å². The third-order valence-corrected chi connectivity index (χ3v) is 7.06. The highest BCUT2D eigenvalue weighted by Gasteiger charge is 2.52. The van der Waals surface area contributed by atoms with E-state index in [1.807, 2.05) is 36.4 Å². The fourth-order valence-electron chi connectivity index (χ4n) is 5.14. The third-order valence-electron chi connectivity index (χ3n) is 6.75. The summed E-state index contributed by atoms with van der Waals surface area (Å²) in [6.45, 7) is 5.42. The Labute approximate surface area is 216 Å². The van der Waals surface area contributed by atoms with Gasteiger partial charge in [-0.1, -0.05) is 41.9 Å². The van der Waals surface area contributed by atoms with Gasteiger partial charge in [-0.2, -0.15) is 10.5 Å². The Hall–Kier alpha value is -3.55. The Balaban J connectivity index is 1.42. The first-order chi connectivity index (χ1) is 17.1. The van der Waals surface area contributed by atoms with Crippen molar-refractivity contribution in [3.63, 3.8) is 0 Å². The number of ether oxygens (including phenoxy) is 1. The van der Waals surface area contributed by atoms with Crippen molar-refractivity contribution in [1.82, 2.24) is 10.2 Å². The van der Waals surface area contributed by atoms with Gasteiger partial charge >= 0.3 is 6.09 Å². The molecular formula is C28H29ClN4O3. The van der Waals surface area contributed by atoms with Crippen LogP contribution in [0.5, 0.6) is 0 Å². The summed E-state index contributed by atoms with van der Waals surface area (Å²) in [4.78, 5) is 27.7. The maximum Gasteiger partial charge on any atom is 0.411 e. The number of amides is 2. The molecule has 2 amide bonds. The van der Waals surface area contributed by atoms with Crippen LogP contribution in [0.25, 0.3) is 11.1 Å². The second-order valence-corrected chi connectivity index (χ2v) is 10.9. The van der Waals surface area contributed by atoms with Crippen LogP contribution in [0.15, 0.2) is 42.5 Å². The highest BCUT2D eigenvalue weighted by Crippen LogP contribution is 2.43. The number of carbonyl (C=O) groups excluding carboxylic acids is 2. The zero-order valence-electron chi connectivity index (χ0n) is 20.6. The SMILES string of the molecule is CC(C)(C)OC(=O)N1[C@@H]2CC[C@@H](C2)[C@H]1C(=O)N[C@H](C#N)Cc1ccc(-c2ccc(C#N)c(Cl)c2)cc1. The monoisotopic (exact) mass is 504 g/mol. The number of rotatable bonds is 5. The molecule has 1 saturated carbocycles. The van der Waals surface area contributed by atoms with Crippen molar-refractivity contribution >= 4 is 23.6 Å². The molecule has 2 aliphatic rings. The number of nitrogens with zero attached hydrogens (tertiary/aromatic N) is 3. The predicted octanol–water partition coefficient (Wildman–Crippen LogP) is 5.22. The average Bonchev–Trinajstić information content (AvgIpc) is 3.45. The quantitative estimate of drug-likeness (QED) is 0.601. The number of fused-ring (bicyclic) bond motifs is 2. The number of likely N-dealkylation sites (tertiary alicyclic amines) is 1. The molecule has 0 spiro atoms. The molecule has 0 unspecified atom stereocenters. The molecule has 0 radical (unpaired) electrons. The minimum absolute atomic E-state index is 0.00408. The molecule has 1 N–H and O–H groups in total. The van der Waals surface area contributed by atoms with Gasteiger partial charge in [0.2, 0.25) is 5.91 Å². The van der Waals surface area contributed by atoms with E-state index >= 15 is 0 Å². The summed E-state index contributed by atoms with van der Waals surface area (Å²) in [5.74, 6) is -0.219. The summed E-state index contributed by atoms with van der Waals surface area (Å²) >= 11 is 6.15. The van der Waals surface area contributed by atoms with Crippen molar-refractivity contribution in [2.75, 3.05) is 0 Å². The van der Waals surface area contributed by atoms with Gasteiger partial charge in [0.1, 0.15) is 23.8 Å². The first kappa shape index (κ1) is 25.5. The van der Waals surface area contributed by atoms with Crippen LogP contribution in [0, 0.1) is 28.6 Å². The van der Waals surface area contributed by atoms with Gasteiger partial charge in [-0.05, 0) is 74.8 Å². The lowest BCUT2D eigenvalue weighted by Crippen LogP contribution is -2.55. The van der Waals surface area contributed by atoms with Crippen molar-refractivity contribution < 1.29 is 14.3 Å². The van der Waals surface area contributed by atoms with Crippen LogP contribution in [0.2, 0.25) is 5.02 Å². The van der Waals surface area contributed by atoms with Crippen molar-refractivity contribution in [3.8, 4) is 23.3 Å². The Kier molecular flexibility index (Phi) is 7.24. The van der Waals surface area contributed by atoms with Gasteiger partial charge in [0.15, 0.2) is 0 Å². The standard InChI is InChI=1S/C28H29ClN4O3/c1-28(2,3)36-27(35)33-23-11-10-20(13-23)25(33)26(34)32-22(16-31)12-17-4-6-18(7-5-17)19-8-9-21(15-30)24(29)14-19/h4-9,14,20,22-23,25H,10-13H2,1-3H3,(H,32,34)/t20-,22-,23+,25-/m0/s1. The van der Waals surface area contributed by atoms with E-state index in [-0.39, 0.29) is 17.9 Å². The second-order valence-electron chi connectivity index (χ2n) is 10.5. The summed E-state index contributed by atoms with van der Waals surface area (Å²) < 4.78 is 5.57. The molecular weight excluding hydrogens is 476 g/mol. The maximum atomic E-state index is 13.3. The maximum absolute atomic E-state index is 13.3. The minimum Gasteiger partial charge on any atom is -0.444 e. The van der Waals surface area contributed by atoms with Gasteiger partial charge in [-0.25, -0.2) is 4.79 Å². The highest BCUT2D eigenvalue weighted by molar-refractivity contribution is 6.32. The summed E-state index contributed by atoms with van der Waals surface area (Å²) in [5, 5.41) is 22.1. The zero-order chi connectivity index (χ0) is 26.0. The van der Waals surface area contributed by atoms with Crippen LogP contribution in [0.3, 0.4) is 0 Å². The molecule has 2 aromatic carbocycles. The van der Waals surface area contributed by atoms with Crippen molar-refractivity contribution in [1.29, 1.82) is 10.5 Å². The van der Waals surface area contributed by atoms with Crippen LogP contribution in [0.4, 0.5) is 4.79 Å². The molecule has 1 aliphatic heterocycles. The second kappa shape index (κ2) is 10.2. The predicted molar refractivity (Wildman–Crippen MR) is 136 cm³/mol. The molecule has 2 bridgehead atoms. The van der Waals surface area contributed by atoms with E-state index in [1.54, 1.807) is 37.8 Å². The summed E-state index contributed by atoms with van der Waals surface area (Å²) in [7, 11) is 0. The van der Waals surface area contributed by atoms with E-state index in [4.69, 9.17) is 21.6 Å². The molecule has 1 heterocycles. The van der Waals surface area contributed by atoms with Gasteiger partial charge in [0, 0.05) is 12.5 Å². The molecule has 7 nitrogen and oxygen atoms in total. The number of nitriles is 2. The highest BCUT2D eigenvalue weighted by atomic mass is 35.5. The molecule has 2 aromatic rings. The van der Waals surface area contributed by atoms with Crippen LogP contribution >= 0.6 is 11.6 Å². The Morgan fingerprint density at radius 1 is 1.14 bits per heavy atom. The number of piperidine rings is 1. The minimum atomic E-state index is -0.729. The lowest BCUT2D eigenvalue weighted by Gasteiger charge is -2.35. The van der Waals surface area contributed by atoms with E-state index in [0.29, 0.717) is 17.0 Å². The van der Waals surface area contributed by atoms with Crippen molar-refractivity contribution in [2.45, 2.75) is 70.2 Å². The average molecular weight is 505 g/mol. The molecule has 1 saturated heterocycles. The normalized spacial score (nSPS) is 21.4. The lowest BCUT2D eigenvalue weighted by atomic mass is 9.97. The number of hydrogen-bond donors (Lipinski definition) is 1. The third kappa shape index (κ3) is 5.48. The van der Waals surface area contributed by atoms with Crippen LogP contribution < -0.4 is 5.32 Å². The lowest BCUT2D eigenvalue weighted by molar-refractivity contribution is -0.128. The van der Waals surface area contributed by atoms with Gasteiger partial charge in [-0.3, -0.25) is 9.69 Å². The summed E-state index contributed by atoms with van der Waals surface area (Å²) in [5.41, 5.74) is 2.48. The molecule has 4 rings (SSSR count). The van der Waals surface area contributed by atoms with Gasteiger partial charge in [0.05, 0.1) is 16.7 Å². The van der Waals surface area contributed by atoms with Crippen LogP contribution in [-0.4, -0.2) is 40.6 Å². The van der Waals surface area contributed by atoms with Crippen molar-refractivity contribution in [3.05, 3.63) is 58.6 Å². The molecule has 2 fully saturated rings. The van der Waals surface area contributed by atoms with E-state index in [9.17, 15) is 14.9 Å². The summed E-state index contributed by atoms with van der Waals surface area (Å²) in [6.07, 6.45) is 2.41. The first-order valence-corrected chi connectivity index (χ1v) is 12.5. The smallest absolute Gasteiger partial charge is 0.411 e. The molecule has 4 atom stereocenters. The molecule has 186 valence electrons. The van der Waals surface area contributed by atoms with E-state index < -0.39 is 23.8 Å². The number of carbonyl (C=O) groups is 2. The van der Waals surface area contributed by atoms with E-state index in [0.717, 1.165) is 36.0 Å². The largest absolute Gasteiger partial charge is 0.444 e. The topological polar surface area (TPSA) is 106 Å². The van der Waals surface area contributed by atoms with Gasteiger partial charge in [-0.15, -0.1) is 0 Å². The van der Waals surface area contributed by atoms with Crippen molar-refractivity contribution in [2.24, 2.45) is 5.92 Å². The Morgan fingerprint density at radius 2 is 1.83 bits per heavy atom. The van der Waals surface area contributed by atoms with E-state index in [1.165, 1.54) is 0 Å². The molecule has 8 heteroatoms. The Morgan fingerprint density at radius 3 is 2.44 bits per heavy atom. The fraction of sp³-hybridized carbons (Fsp3) is 0.429. The number of halogens is 1. The number of benzene rings is 2. The molecule has 36 heavy (non-hydrogen) atoms. The molecule has 0 aromatic heterocycles. The fourth-order valence-corrected chi connectivity index (χ4v) is 5.37. The van der Waals surface area contributed by atoms with Crippen LogP contribution in [-0.2, 0) is 16.0 Å². The molecule has 1 aliphatic carbocycles. The number of hydrogen-bond acceptors (Lipinski definition) is 5. The van der Waals surface area contributed by atoms with E-state index in [2.05, 4.69) is 11.4 Å². The van der Waals surface area contributed by atoms with Crippen LogP contribution in [0.1, 0.15) is 51.2 Å². The summed E-state index contributed by atoms with van der Waals surface area (Å²) in [6, 6.07) is 15.8. The number of nitrogens with one attached hydrogen (secondary N) is 1.